The first-order valence-corrected chi connectivity index (χ1v) is 8.09. The van der Waals surface area contributed by atoms with E-state index in [1.54, 1.807) is 6.92 Å². The topological polar surface area (TPSA) is 77.5 Å². The summed E-state index contributed by atoms with van der Waals surface area (Å²) in [5.41, 5.74) is 0.865. The zero-order valence-electron chi connectivity index (χ0n) is 14.4. The summed E-state index contributed by atoms with van der Waals surface area (Å²) in [6, 6.07) is 9.29. The van der Waals surface area contributed by atoms with Crippen LogP contribution in [0.15, 0.2) is 50.9 Å². The average molecular weight is 337 g/mol. The molecule has 3 aromatic rings. The fraction of sp³-hybridized carbons (Fsp3) is 0.263. The van der Waals surface area contributed by atoms with Crippen LogP contribution in [0, 0.1) is 12.8 Å². The maximum Gasteiger partial charge on any atom is 0.281 e. The van der Waals surface area contributed by atoms with E-state index in [1.807, 2.05) is 44.2 Å². The number of rotatable bonds is 4. The molecular formula is C19H19N3O3. The van der Waals surface area contributed by atoms with E-state index >= 15 is 0 Å². The zero-order valence-corrected chi connectivity index (χ0v) is 14.4. The van der Waals surface area contributed by atoms with E-state index in [0.717, 1.165) is 5.56 Å². The van der Waals surface area contributed by atoms with E-state index in [1.165, 1.54) is 17.1 Å². The van der Waals surface area contributed by atoms with Crippen molar-refractivity contribution >= 4 is 23.2 Å². The number of furan rings is 1. The molecule has 0 N–H and O–H groups in total. The lowest BCUT2D eigenvalue weighted by molar-refractivity contribution is 0.100. The molecule has 3 rings (SSSR count). The molecule has 6 nitrogen and oxygen atoms in total. The molecule has 2 heterocycles. The molecule has 25 heavy (non-hydrogen) atoms. The molecule has 0 atom stereocenters. The van der Waals surface area contributed by atoms with Gasteiger partial charge in [0.25, 0.3) is 11.5 Å². The number of aryl methyl sites for hydroxylation is 1. The summed E-state index contributed by atoms with van der Waals surface area (Å²) in [4.78, 5) is 33.5. The lowest BCUT2D eigenvalue weighted by Crippen LogP contribution is -2.23. The van der Waals surface area contributed by atoms with Gasteiger partial charge in [0.05, 0.1) is 5.56 Å². The van der Waals surface area contributed by atoms with Crippen LogP contribution in [0.4, 0.5) is 0 Å². The number of aromatic nitrogens is 2. The Balaban J connectivity index is 2.06. The molecule has 0 aliphatic rings. The molecule has 0 aliphatic carbocycles. The van der Waals surface area contributed by atoms with E-state index in [2.05, 4.69) is 9.98 Å². The molecule has 2 aromatic heterocycles. The number of nitrogens with zero attached hydrogens (tertiary/aromatic N) is 3. The van der Waals surface area contributed by atoms with Gasteiger partial charge in [-0.05, 0) is 18.4 Å². The first kappa shape index (κ1) is 16.8. The van der Waals surface area contributed by atoms with E-state index in [-0.39, 0.29) is 28.1 Å². The molecule has 0 spiro atoms. The molecule has 1 amide bonds. The Hall–Kier alpha value is -3.02. The highest BCUT2D eigenvalue weighted by Gasteiger charge is 2.22. The highest BCUT2D eigenvalue weighted by atomic mass is 16.3. The number of benzene rings is 1. The van der Waals surface area contributed by atoms with Gasteiger partial charge in [-0.3, -0.25) is 14.2 Å². The normalized spacial score (nSPS) is 11.7. The SMILES string of the molecule is Cc1oc2ncn(CC(C)C)c(=O)c2c1C(=O)N=Cc1ccccc1. The second-order valence-corrected chi connectivity index (χ2v) is 6.28. The minimum atomic E-state index is -0.513. The van der Waals surface area contributed by atoms with Crippen molar-refractivity contribution in [2.45, 2.75) is 27.3 Å². The van der Waals surface area contributed by atoms with Gasteiger partial charge < -0.3 is 4.42 Å². The number of carbonyl (C=O) groups excluding carboxylic acids is 1. The molecule has 0 saturated carbocycles. The van der Waals surface area contributed by atoms with Crippen LogP contribution < -0.4 is 5.56 Å². The number of aliphatic imine (C=N–C) groups is 1. The number of hydrogen-bond donors (Lipinski definition) is 0. The molecule has 0 radical (unpaired) electrons. The van der Waals surface area contributed by atoms with Crippen molar-refractivity contribution in [2.75, 3.05) is 0 Å². The van der Waals surface area contributed by atoms with Crippen LogP contribution >= 0.6 is 0 Å². The molecule has 1 aromatic carbocycles. The van der Waals surface area contributed by atoms with Crippen molar-refractivity contribution in [1.82, 2.24) is 9.55 Å². The Labute approximate surface area is 144 Å². The van der Waals surface area contributed by atoms with Crippen LogP contribution in [-0.4, -0.2) is 21.7 Å². The van der Waals surface area contributed by atoms with Crippen LogP contribution in [0.1, 0.15) is 35.5 Å². The molecule has 128 valence electrons. The highest BCUT2D eigenvalue weighted by molar-refractivity contribution is 6.09. The van der Waals surface area contributed by atoms with Crippen molar-refractivity contribution in [3.63, 3.8) is 0 Å². The van der Waals surface area contributed by atoms with Gasteiger partial charge >= 0.3 is 0 Å². The lowest BCUT2D eigenvalue weighted by Gasteiger charge is -2.07. The molecule has 0 unspecified atom stereocenters. The summed E-state index contributed by atoms with van der Waals surface area (Å²) in [6.45, 7) is 6.17. The summed E-state index contributed by atoms with van der Waals surface area (Å²) in [7, 11) is 0. The summed E-state index contributed by atoms with van der Waals surface area (Å²) in [6.07, 6.45) is 2.93. The average Bonchev–Trinajstić information content (AvgIpc) is 2.93. The summed E-state index contributed by atoms with van der Waals surface area (Å²) < 4.78 is 6.99. The third-order valence-electron chi connectivity index (χ3n) is 3.76. The predicted molar refractivity (Wildman–Crippen MR) is 96.2 cm³/mol. The van der Waals surface area contributed by atoms with Crippen molar-refractivity contribution in [2.24, 2.45) is 10.9 Å². The molecular weight excluding hydrogens is 318 g/mol. The van der Waals surface area contributed by atoms with Gasteiger partial charge in [0.15, 0.2) is 0 Å². The third kappa shape index (κ3) is 3.42. The number of fused-ring (bicyclic) bond motifs is 1. The number of hydrogen-bond acceptors (Lipinski definition) is 4. The first-order valence-electron chi connectivity index (χ1n) is 8.09. The molecule has 0 fully saturated rings. The third-order valence-corrected chi connectivity index (χ3v) is 3.76. The van der Waals surface area contributed by atoms with E-state index < -0.39 is 5.91 Å². The Morgan fingerprint density at radius 1 is 1.32 bits per heavy atom. The Kier molecular flexibility index (Phi) is 4.61. The van der Waals surface area contributed by atoms with Gasteiger partial charge in [0.2, 0.25) is 5.71 Å². The van der Waals surface area contributed by atoms with Gasteiger partial charge in [-0.25, -0.2) is 9.98 Å². The van der Waals surface area contributed by atoms with Gasteiger partial charge in [-0.2, -0.15) is 0 Å². The van der Waals surface area contributed by atoms with Crippen LogP contribution in [0.5, 0.6) is 0 Å². The Bertz CT molecular complexity index is 998. The maximum absolute atomic E-state index is 12.7. The van der Waals surface area contributed by atoms with Gasteiger partial charge in [-0.1, -0.05) is 44.2 Å². The molecule has 0 saturated heterocycles. The molecule has 0 bridgehead atoms. The van der Waals surface area contributed by atoms with Crippen LogP contribution in [0.25, 0.3) is 11.1 Å². The van der Waals surface area contributed by atoms with Crippen molar-refractivity contribution in [3.8, 4) is 0 Å². The second-order valence-electron chi connectivity index (χ2n) is 6.28. The summed E-state index contributed by atoms with van der Waals surface area (Å²) >= 11 is 0. The molecule has 6 heteroatoms. The predicted octanol–water partition coefficient (Wildman–Crippen LogP) is 3.21. The van der Waals surface area contributed by atoms with Crippen molar-refractivity contribution in [3.05, 3.63) is 63.9 Å². The monoisotopic (exact) mass is 337 g/mol. The largest absolute Gasteiger partial charge is 0.442 e. The standard InChI is InChI=1S/C19H19N3O3/c1-12(2)10-22-11-21-18-16(19(22)24)15(13(3)25-18)17(23)20-9-14-7-5-4-6-8-14/h4-9,11-12H,10H2,1-3H3. The van der Waals surface area contributed by atoms with Crippen molar-refractivity contribution < 1.29 is 9.21 Å². The zero-order chi connectivity index (χ0) is 18.0. The number of carbonyl (C=O) groups is 1. The van der Waals surface area contributed by atoms with Crippen molar-refractivity contribution in [1.29, 1.82) is 0 Å². The maximum atomic E-state index is 12.7. The van der Waals surface area contributed by atoms with E-state index in [0.29, 0.717) is 12.3 Å². The minimum absolute atomic E-state index is 0.167. The highest BCUT2D eigenvalue weighted by Crippen LogP contribution is 2.22. The fourth-order valence-corrected chi connectivity index (χ4v) is 2.66. The fourth-order valence-electron chi connectivity index (χ4n) is 2.66. The van der Waals surface area contributed by atoms with Crippen LogP contribution in [0.2, 0.25) is 0 Å². The van der Waals surface area contributed by atoms with Crippen LogP contribution in [0.3, 0.4) is 0 Å². The minimum Gasteiger partial charge on any atom is -0.442 e. The number of amides is 1. The Morgan fingerprint density at radius 3 is 2.72 bits per heavy atom. The van der Waals surface area contributed by atoms with Crippen LogP contribution in [-0.2, 0) is 6.54 Å². The first-order chi connectivity index (χ1) is 12.0. The summed E-state index contributed by atoms with van der Waals surface area (Å²) in [5, 5.41) is 0.191. The van der Waals surface area contributed by atoms with Gasteiger partial charge in [-0.15, -0.1) is 0 Å². The quantitative estimate of drug-likeness (QED) is 0.685. The summed E-state index contributed by atoms with van der Waals surface area (Å²) in [5.74, 6) is 0.110. The van der Waals surface area contributed by atoms with Gasteiger partial charge in [0.1, 0.15) is 17.5 Å². The second kappa shape index (κ2) is 6.84. The smallest absolute Gasteiger partial charge is 0.281 e. The van der Waals surface area contributed by atoms with E-state index in [4.69, 9.17) is 4.42 Å². The Morgan fingerprint density at radius 2 is 2.04 bits per heavy atom. The lowest BCUT2D eigenvalue weighted by atomic mass is 10.1. The van der Waals surface area contributed by atoms with E-state index in [9.17, 15) is 9.59 Å². The van der Waals surface area contributed by atoms with Gasteiger partial charge in [0, 0.05) is 12.8 Å². The molecule has 0 aliphatic heterocycles.